The van der Waals surface area contributed by atoms with Gasteiger partial charge in [0, 0.05) is 5.56 Å². The Kier molecular flexibility index (Phi) is 3.05. The molecule has 0 aliphatic carbocycles. The molecule has 2 rings (SSSR count). The minimum atomic E-state index is -2.97. The van der Waals surface area contributed by atoms with Crippen LogP contribution in [0.25, 0.3) is 11.3 Å². The Labute approximate surface area is 99.3 Å². The summed E-state index contributed by atoms with van der Waals surface area (Å²) in [6.45, 7) is -2.97. The van der Waals surface area contributed by atoms with Gasteiger partial charge in [-0.3, -0.25) is 0 Å². The Bertz CT molecular complexity index is 578. The summed E-state index contributed by atoms with van der Waals surface area (Å²) in [5.74, 6) is -1.92. The third-order valence-corrected chi connectivity index (χ3v) is 2.33. The van der Waals surface area contributed by atoms with Crippen molar-refractivity contribution in [1.29, 1.82) is 0 Å². The Balaban J connectivity index is 2.63. The van der Waals surface area contributed by atoms with Crippen molar-refractivity contribution in [3.8, 4) is 11.3 Å². The minimum Gasteiger partial charge on any atom is -0.478 e. The number of alkyl halides is 2. The molecule has 0 spiro atoms. The molecular weight excluding hydrogens is 249 g/mol. The zero-order valence-electron chi connectivity index (χ0n) is 8.85. The molecule has 7 heteroatoms. The Morgan fingerprint density at radius 3 is 2.39 bits per heavy atom. The number of carboxylic acids is 1. The van der Waals surface area contributed by atoms with Crippen LogP contribution in [0.15, 0.2) is 30.5 Å². The zero-order valence-corrected chi connectivity index (χ0v) is 8.85. The molecule has 0 radical (unpaired) electrons. The summed E-state index contributed by atoms with van der Waals surface area (Å²) in [7, 11) is 0. The molecule has 4 nitrogen and oxygen atoms in total. The van der Waals surface area contributed by atoms with Crippen LogP contribution >= 0.6 is 0 Å². The molecule has 0 aliphatic heterocycles. The summed E-state index contributed by atoms with van der Waals surface area (Å²) < 4.78 is 38.5. The van der Waals surface area contributed by atoms with Gasteiger partial charge in [0.05, 0.1) is 11.9 Å². The van der Waals surface area contributed by atoms with Crippen molar-refractivity contribution in [2.45, 2.75) is 6.55 Å². The molecule has 1 N–H and O–H groups in total. The molecule has 0 unspecified atom stereocenters. The highest BCUT2D eigenvalue weighted by Gasteiger charge is 2.22. The average Bonchev–Trinajstić information content (AvgIpc) is 2.74. The Hall–Kier alpha value is -2.31. The van der Waals surface area contributed by atoms with Crippen LogP contribution in [0.2, 0.25) is 0 Å². The smallest absolute Gasteiger partial charge is 0.339 e. The van der Waals surface area contributed by atoms with E-state index < -0.39 is 18.3 Å². The summed E-state index contributed by atoms with van der Waals surface area (Å²) >= 11 is 0. The summed E-state index contributed by atoms with van der Waals surface area (Å²) in [5.41, 5.74) is -0.453. The van der Waals surface area contributed by atoms with Gasteiger partial charge in [0.25, 0.3) is 0 Å². The van der Waals surface area contributed by atoms with Crippen LogP contribution in [-0.4, -0.2) is 20.9 Å². The third kappa shape index (κ3) is 2.06. The second kappa shape index (κ2) is 4.52. The molecule has 0 aliphatic rings. The lowest BCUT2D eigenvalue weighted by Gasteiger charge is -2.07. The topological polar surface area (TPSA) is 55.1 Å². The van der Waals surface area contributed by atoms with E-state index in [0.717, 1.165) is 18.3 Å². The lowest BCUT2D eigenvalue weighted by molar-refractivity contribution is 0.0583. The van der Waals surface area contributed by atoms with E-state index in [1.54, 1.807) is 0 Å². The van der Waals surface area contributed by atoms with Crippen molar-refractivity contribution in [3.63, 3.8) is 0 Å². The molecule has 0 fully saturated rings. The first kappa shape index (κ1) is 12.2. The maximum absolute atomic E-state index is 12.8. The van der Waals surface area contributed by atoms with Crippen LogP contribution in [0.3, 0.4) is 0 Å². The maximum Gasteiger partial charge on any atom is 0.339 e. The highest BCUT2D eigenvalue weighted by atomic mass is 19.3. The van der Waals surface area contributed by atoms with Crippen LogP contribution in [0, 0.1) is 5.82 Å². The number of aromatic nitrogens is 2. The molecular formula is C11H7F3N2O2. The molecule has 0 amide bonds. The average molecular weight is 256 g/mol. The fraction of sp³-hybridized carbons (Fsp3) is 0.0909. The number of carbonyl (C=O) groups is 1. The summed E-state index contributed by atoms with van der Waals surface area (Å²) in [6.07, 6.45) is 0.840. The number of rotatable bonds is 3. The highest BCUT2D eigenvalue weighted by molar-refractivity contribution is 5.94. The maximum atomic E-state index is 12.8. The molecule has 2 aromatic rings. The van der Waals surface area contributed by atoms with Crippen molar-refractivity contribution in [2.75, 3.05) is 0 Å². The van der Waals surface area contributed by atoms with E-state index in [1.165, 1.54) is 12.1 Å². The number of hydrogen-bond donors (Lipinski definition) is 1. The van der Waals surface area contributed by atoms with Gasteiger partial charge in [0.1, 0.15) is 11.4 Å². The fourth-order valence-corrected chi connectivity index (χ4v) is 1.56. The molecule has 18 heavy (non-hydrogen) atoms. The molecule has 1 aromatic carbocycles. The molecule has 0 bridgehead atoms. The molecule has 94 valence electrons. The number of halogens is 3. The minimum absolute atomic E-state index is 0.159. The van der Waals surface area contributed by atoms with Crippen molar-refractivity contribution in [2.24, 2.45) is 0 Å². The molecule has 0 saturated heterocycles. The van der Waals surface area contributed by atoms with E-state index in [9.17, 15) is 18.0 Å². The quantitative estimate of drug-likeness (QED) is 0.918. The highest BCUT2D eigenvalue weighted by Crippen LogP contribution is 2.27. The molecule has 0 atom stereocenters. The predicted octanol–water partition coefficient (Wildman–Crippen LogP) is 2.78. The van der Waals surface area contributed by atoms with Crippen molar-refractivity contribution < 1.29 is 23.1 Å². The second-order valence-corrected chi connectivity index (χ2v) is 3.44. The van der Waals surface area contributed by atoms with Gasteiger partial charge in [-0.25, -0.2) is 13.9 Å². The lowest BCUT2D eigenvalue weighted by Crippen LogP contribution is -2.05. The molecule has 1 heterocycles. The van der Waals surface area contributed by atoms with Gasteiger partial charge >= 0.3 is 12.5 Å². The van der Waals surface area contributed by atoms with E-state index in [1.807, 2.05) is 0 Å². The number of aromatic carboxylic acids is 1. The Morgan fingerprint density at radius 1 is 1.28 bits per heavy atom. The van der Waals surface area contributed by atoms with Gasteiger partial charge in [0.2, 0.25) is 0 Å². The first-order chi connectivity index (χ1) is 8.50. The van der Waals surface area contributed by atoms with Crippen molar-refractivity contribution in [1.82, 2.24) is 9.78 Å². The van der Waals surface area contributed by atoms with Gasteiger partial charge in [-0.15, -0.1) is 0 Å². The third-order valence-electron chi connectivity index (χ3n) is 2.33. The van der Waals surface area contributed by atoms with Gasteiger partial charge in [0.15, 0.2) is 0 Å². The molecule has 1 aromatic heterocycles. The van der Waals surface area contributed by atoms with Gasteiger partial charge < -0.3 is 5.11 Å². The summed E-state index contributed by atoms with van der Waals surface area (Å²) in [6, 6.07) is 4.56. The van der Waals surface area contributed by atoms with Crippen LogP contribution < -0.4 is 0 Å². The predicted molar refractivity (Wildman–Crippen MR) is 55.8 cm³/mol. The van der Waals surface area contributed by atoms with Crippen molar-refractivity contribution >= 4 is 5.97 Å². The number of carboxylic acid groups (broad SMARTS) is 1. The zero-order chi connectivity index (χ0) is 13.3. The van der Waals surface area contributed by atoms with E-state index >= 15 is 0 Å². The Morgan fingerprint density at radius 2 is 1.89 bits per heavy atom. The number of hydrogen-bond acceptors (Lipinski definition) is 2. The summed E-state index contributed by atoms with van der Waals surface area (Å²) in [5, 5.41) is 12.2. The van der Waals surface area contributed by atoms with Crippen molar-refractivity contribution in [3.05, 3.63) is 41.8 Å². The first-order valence-electron chi connectivity index (χ1n) is 4.85. The van der Waals surface area contributed by atoms with Gasteiger partial charge in [-0.1, -0.05) is 0 Å². The SMILES string of the molecule is O=C(O)c1cnn(C(F)F)c1-c1ccc(F)cc1. The number of benzene rings is 1. The van der Waals surface area contributed by atoms with E-state index in [4.69, 9.17) is 5.11 Å². The summed E-state index contributed by atoms with van der Waals surface area (Å²) in [4.78, 5) is 10.9. The first-order valence-corrected chi connectivity index (χ1v) is 4.85. The fourth-order valence-electron chi connectivity index (χ4n) is 1.56. The normalized spacial score (nSPS) is 10.9. The van der Waals surface area contributed by atoms with E-state index in [2.05, 4.69) is 5.10 Å². The lowest BCUT2D eigenvalue weighted by atomic mass is 10.1. The van der Waals surface area contributed by atoms with Crippen LogP contribution in [0.5, 0.6) is 0 Å². The standard InChI is InChI=1S/C11H7F3N2O2/c12-7-3-1-6(2-4-7)9-8(10(17)18)5-15-16(9)11(13)14/h1-5,11H,(H,17,18). The number of nitrogens with zero attached hydrogens (tertiary/aromatic N) is 2. The van der Waals surface area contributed by atoms with Gasteiger partial charge in [-0.05, 0) is 24.3 Å². The van der Waals surface area contributed by atoms with Crippen LogP contribution in [0.1, 0.15) is 16.9 Å². The second-order valence-electron chi connectivity index (χ2n) is 3.44. The van der Waals surface area contributed by atoms with E-state index in [-0.39, 0.29) is 21.5 Å². The van der Waals surface area contributed by atoms with E-state index in [0.29, 0.717) is 0 Å². The van der Waals surface area contributed by atoms with Crippen LogP contribution in [-0.2, 0) is 0 Å². The van der Waals surface area contributed by atoms with Gasteiger partial charge in [-0.2, -0.15) is 13.9 Å². The largest absolute Gasteiger partial charge is 0.478 e. The van der Waals surface area contributed by atoms with Crippen LogP contribution in [0.4, 0.5) is 13.2 Å². The molecule has 0 saturated carbocycles. The monoisotopic (exact) mass is 256 g/mol.